The maximum Gasteiger partial charge on any atom is 0.0704 e. The molecule has 1 aliphatic rings. The van der Waals surface area contributed by atoms with E-state index in [0.717, 1.165) is 37.0 Å². The number of hydrogen-bond donors (Lipinski definition) is 1. The second-order valence-corrected chi connectivity index (χ2v) is 7.87. The van der Waals surface area contributed by atoms with Gasteiger partial charge in [-0.15, -0.1) is 0 Å². The van der Waals surface area contributed by atoms with Gasteiger partial charge in [0.15, 0.2) is 0 Å². The van der Waals surface area contributed by atoms with Crippen LogP contribution in [0.3, 0.4) is 0 Å². The molecule has 31 heavy (non-hydrogen) atoms. The standard InChI is InChI=1S/C21H42INO8/c22-3-6-24-7-8-25-9-10-26-11-12-27-13-14-28-15-16-29-17-18-30-19-20-31-21-1-4-23-5-2-21/h21,23H,1-20H2. The molecule has 0 bridgehead atoms. The summed E-state index contributed by atoms with van der Waals surface area (Å²) in [5.41, 5.74) is 0. The van der Waals surface area contributed by atoms with Gasteiger partial charge in [-0.25, -0.2) is 0 Å². The molecule has 0 aromatic rings. The fraction of sp³-hybridized carbons (Fsp3) is 1.00. The molecule has 1 N–H and O–H groups in total. The molecule has 0 radical (unpaired) electrons. The van der Waals surface area contributed by atoms with E-state index in [9.17, 15) is 0 Å². The first-order chi connectivity index (χ1) is 15.4. The SMILES string of the molecule is ICCOCCOCCOCCOCCOCCOCCOCCOC1CCNCC1. The summed E-state index contributed by atoms with van der Waals surface area (Å²) in [6, 6.07) is 0. The third kappa shape index (κ3) is 22.0. The Labute approximate surface area is 201 Å². The topological polar surface area (TPSA) is 85.9 Å². The van der Waals surface area contributed by atoms with Gasteiger partial charge >= 0.3 is 0 Å². The van der Waals surface area contributed by atoms with E-state index in [1.807, 2.05) is 0 Å². The van der Waals surface area contributed by atoms with E-state index in [2.05, 4.69) is 27.9 Å². The zero-order valence-corrected chi connectivity index (χ0v) is 21.0. The van der Waals surface area contributed by atoms with E-state index >= 15 is 0 Å². The summed E-state index contributed by atoms with van der Waals surface area (Å²) in [7, 11) is 0. The monoisotopic (exact) mass is 563 g/mol. The molecule has 1 heterocycles. The summed E-state index contributed by atoms with van der Waals surface area (Å²) in [5.74, 6) is 0. The quantitative estimate of drug-likeness (QED) is 0.106. The zero-order valence-electron chi connectivity index (χ0n) is 18.9. The number of alkyl halides is 1. The van der Waals surface area contributed by atoms with Crippen LogP contribution in [-0.2, 0) is 37.9 Å². The highest BCUT2D eigenvalue weighted by Gasteiger charge is 2.12. The molecule has 0 aliphatic carbocycles. The molecule has 0 saturated carbocycles. The van der Waals surface area contributed by atoms with Crippen molar-refractivity contribution in [2.75, 3.05) is 117 Å². The molecular weight excluding hydrogens is 521 g/mol. The Bertz CT molecular complexity index is 351. The van der Waals surface area contributed by atoms with Gasteiger partial charge in [-0.05, 0) is 25.9 Å². The van der Waals surface area contributed by atoms with Crippen molar-refractivity contribution >= 4 is 22.6 Å². The molecule has 0 amide bonds. The molecular formula is C21H42INO8. The first-order valence-corrected chi connectivity index (χ1v) is 12.9. The first kappa shape index (κ1) is 29.4. The molecule has 0 aromatic carbocycles. The summed E-state index contributed by atoms with van der Waals surface area (Å²) in [5, 5.41) is 3.33. The van der Waals surface area contributed by atoms with E-state index in [1.54, 1.807) is 0 Å². The molecule has 0 aromatic heterocycles. The third-order valence-corrected chi connectivity index (χ3v) is 4.76. The highest BCUT2D eigenvalue weighted by atomic mass is 127. The number of piperidine rings is 1. The Kier molecular flexibility index (Phi) is 23.7. The predicted octanol–water partition coefficient (Wildman–Crippen LogP) is 1.31. The fourth-order valence-electron chi connectivity index (χ4n) is 2.71. The maximum atomic E-state index is 5.77. The second-order valence-electron chi connectivity index (χ2n) is 6.80. The van der Waals surface area contributed by atoms with Gasteiger partial charge in [0.05, 0.1) is 105 Å². The number of halogens is 1. The molecule has 10 heteroatoms. The first-order valence-electron chi connectivity index (χ1n) is 11.4. The molecule has 0 atom stereocenters. The summed E-state index contributed by atoms with van der Waals surface area (Å²) >= 11 is 2.28. The zero-order chi connectivity index (χ0) is 22.1. The van der Waals surface area contributed by atoms with Gasteiger partial charge in [0.2, 0.25) is 0 Å². The molecule has 0 unspecified atom stereocenters. The van der Waals surface area contributed by atoms with Crippen molar-refractivity contribution < 1.29 is 37.9 Å². The lowest BCUT2D eigenvalue weighted by atomic mass is 10.1. The summed E-state index contributed by atoms with van der Waals surface area (Å²) in [4.78, 5) is 0. The highest BCUT2D eigenvalue weighted by Crippen LogP contribution is 2.06. The van der Waals surface area contributed by atoms with E-state index in [-0.39, 0.29) is 0 Å². The number of nitrogens with one attached hydrogen (secondary N) is 1. The molecule has 9 nitrogen and oxygen atoms in total. The van der Waals surface area contributed by atoms with Crippen LogP contribution < -0.4 is 5.32 Å². The van der Waals surface area contributed by atoms with Crippen LogP contribution in [0.1, 0.15) is 12.8 Å². The Morgan fingerprint density at radius 2 is 0.806 bits per heavy atom. The number of rotatable bonds is 24. The van der Waals surface area contributed by atoms with Crippen molar-refractivity contribution in [3.63, 3.8) is 0 Å². The van der Waals surface area contributed by atoms with Crippen LogP contribution in [0, 0.1) is 0 Å². The van der Waals surface area contributed by atoms with Gasteiger partial charge in [-0.3, -0.25) is 0 Å². The Balaban J connectivity index is 1.62. The van der Waals surface area contributed by atoms with E-state index < -0.39 is 0 Å². The lowest BCUT2D eigenvalue weighted by Crippen LogP contribution is -2.33. The normalized spacial score (nSPS) is 15.0. The summed E-state index contributed by atoms with van der Waals surface area (Å²) in [6.45, 7) is 11.0. The molecule has 0 spiro atoms. The van der Waals surface area contributed by atoms with Crippen molar-refractivity contribution in [1.82, 2.24) is 5.32 Å². The van der Waals surface area contributed by atoms with Crippen LogP contribution in [0.25, 0.3) is 0 Å². The third-order valence-electron chi connectivity index (χ3n) is 4.32. The summed E-state index contributed by atoms with van der Waals surface area (Å²) < 4.78 is 44.8. The van der Waals surface area contributed by atoms with E-state index in [4.69, 9.17) is 37.9 Å². The highest BCUT2D eigenvalue weighted by molar-refractivity contribution is 14.1. The van der Waals surface area contributed by atoms with E-state index in [1.165, 1.54) is 0 Å². The average Bonchev–Trinajstić information content (AvgIpc) is 2.80. The number of hydrogen-bond acceptors (Lipinski definition) is 9. The molecule has 1 fully saturated rings. The lowest BCUT2D eigenvalue weighted by molar-refractivity contribution is -0.0312. The van der Waals surface area contributed by atoms with Gasteiger partial charge in [-0.2, -0.15) is 0 Å². The second kappa shape index (κ2) is 25.0. The van der Waals surface area contributed by atoms with Crippen molar-refractivity contribution in [3.05, 3.63) is 0 Å². The van der Waals surface area contributed by atoms with Crippen LogP contribution in [-0.4, -0.2) is 123 Å². The molecule has 186 valence electrons. The van der Waals surface area contributed by atoms with Crippen LogP contribution >= 0.6 is 22.6 Å². The Hall–Kier alpha value is 0.370. The maximum absolute atomic E-state index is 5.77. The van der Waals surface area contributed by atoms with Crippen LogP contribution in [0.5, 0.6) is 0 Å². The van der Waals surface area contributed by atoms with Crippen molar-refractivity contribution in [2.45, 2.75) is 18.9 Å². The molecule has 1 aliphatic heterocycles. The average molecular weight is 563 g/mol. The summed E-state index contributed by atoms with van der Waals surface area (Å²) in [6.07, 6.45) is 2.56. The van der Waals surface area contributed by atoms with Gasteiger partial charge < -0.3 is 43.2 Å². The van der Waals surface area contributed by atoms with Crippen LogP contribution in [0.4, 0.5) is 0 Å². The van der Waals surface area contributed by atoms with Crippen molar-refractivity contribution in [3.8, 4) is 0 Å². The fourth-order valence-corrected chi connectivity index (χ4v) is 3.02. The van der Waals surface area contributed by atoms with E-state index in [0.29, 0.717) is 98.6 Å². The molecule has 1 saturated heterocycles. The molecule has 1 rings (SSSR count). The minimum Gasteiger partial charge on any atom is -0.378 e. The van der Waals surface area contributed by atoms with Crippen molar-refractivity contribution in [1.29, 1.82) is 0 Å². The van der Waals surface area contributed by atoms with Gasteiger partial charge in [0.25, 0.3) is 0 Å². The van der Waals surface area contributed by atoms with Gasteiger partial charge in [0.1, 0.15) is 0 Å². The van der Waals surface area contributed by atoms with Gasteiger partial charge in [0, 0.05) is 4.43 Å². The minimum absolute atomic E-state index is 0.384. The van der Waals surface area contributed by atoms with Crippen molar-refractivity contribution in [2.24, 2.45) is 0 Å². The smallest absolute Gasteiger partial charge is 0.0704 e. The van der Waals surface area contributed by atoms with Crippen LogP contribution in [0.2, 0.25) is 0 Å². The number of ether oxygens (including phenoxy) is 8. The van der Waals surface area contributed by atoms with Gasteiger partial charge in [-0.1, -0.05) is 22.6 Å². The Morgan fingerprint density at radius 1 is 0.484 bits per heavy atom. The largest absolute Gasteiger partial charge is 0.378 e. The predicted molar refractivity (Wildman–Crippen MR) is 126 cm³/mol. The van der Waals surface area contributed by atoms with Crippen LogP contribution in [0.15, 0.2) is 0 Å². The Morgan fingerprint density at radius 3 is 1.16 bits per heavy atom. The minimum atomic E-state index is 0.384. The lowest BCUT2D eigenvalue weighted by Gasteiger charge is -2.22.